The van der Waals surface area contributed by atoms with E-state index in [1.807, 2.05) is 4.90 Å². The smallest absolute Gasteiger partial charge is 0.309 e. The van der Waals surface area contributed by atoms with Crippen LogP contribution in [0.1, 0.15) is 32.6 Å². The summed E-state index contributed by atoms with van der Waals surface area (Å²) in [6.45, 7) is 3.63. The van der Waals surface area contributed by atoms with Gasteiger partial charge in [0.15, 0.2) is 0 Å². The van der Waals surface area contributed by atoms with Crippen molar-refractivity contribution in [2.45, 2.75) is 42.7 Å². The first-order valence-electron chi connectivity index (χ1n) is 5.61. The zero-order chi connectivity index (χ0) is 10.8. The van der Waals surface area contributed by atoms with Crippen molar-refractivity contribution < 1.29 is 9.63 Å². The number of carbonyl (C=O) groups excluding carboxylic acids is 1. The number of urea groups is 1. The Morgan fingerprint density at radius 1 is 1.53 bits per heavy atom. The molecule has 0 aromatic heterocycles. The number of hydrogen-bond donors (Lipinski definition) is 0. The minimum atomic E-state index is 0.0630. The Morgan fingerprint density at radius 3 is 3.00 bits per heavy atom. The van der Waals surface area contributed by atoms with E-state index in [4.69, 9.17) is 4.84 Å². The molecule has 15 heavy (non-hydrogen) atoms. The summed E-state index contributed by atoms with van der Waals surface area (Å²) in [6.07, 6.45) is 4.28. The summed E-state index contributed by atoms with van der Waals surface area (Å²) >= 11 is 2.34. The molecular weight excluding hydrogens is 307 g/mol. The Bertz CT molecular complexity index is 250. The third-order valence-electron chi connectivity index (χ3n) is 2.98. The van der Waals surface area contributed by atoms with Gasteiger partial charge in [0.2, 0.25) is 0 Å². The van der Waals surface area contributed by atoms with E-state index < -0.39 is 0 Å². The molecule has 5 heteroatoms. The second-order valence-corrected chi connectivity index (χ2v) is 5.55. The zero-order valence-electron chi connectivity index (χ0n) is 8.99. The Morgan fingerprint density at radius 2 is 2.33 bits per heavy atom. The van der Waals surface area contributed by atoms with Crippen molar-refractivity contribution in [3.63, 3.8) is 0 Å². The molecule has 2 amide bonds. The van der Waals surface area contributed by atoms with Gasteiger partial charge in [-0.15, -0.1) is 0 Å². The number of alkyl halides is 1. The molecule has 1 unspecified atom stereocenters. The lowest BCUT2D eigenvalue weighted by atomic mass is 10.1. The van der Waals surface area contributed by atoms with Gasteiger partial charge in [0, 0.05) is 6.54 Å². The number of rotatable bonds is 4. The van der Waals surface area contributed by atoms with Crippen LogP contribution >= 0.6 is 22.6 Å². The molecule has 0 aromatic carbocycles. The Balaban J connectivity index is 1.92. The molecule has 2 fully saturated rings. The highest BCUT2D eigenvalue weighted by Gasteiger charge is 2.44. The van der Waals surface area contributed by atoms with E-state index in [2.05, 4.69) is 29.5 Å². The minimum Gasteiger partial charge on any atom is -0.309 e. The largest absolute Gasteiger partial charge is 0.345 e. The zero-order valence-corrected chi connectivity index (χ0v) is 11.1. The maximum Gasteiger partial charge on any atom is 0.345 e. The standard InChI is InChI=1S/C10H17IN2O2/c1-2-3-6-15-13-8-4-5-9(11)12(7-8)10(13)14/h8-9H,2-7H2,1H3/t8?,9-/m0/s1. The summed E-state index contributed by atoms with van der Waals surface area (Å²) in [7, 11) is 0. The normalized spacial score (nSPS) is 30.1. The highest BCUT2D eigenvalue weighted by molar-refractivity contribution is 14.1. The van der Waals surface area contributed by atoms with E-state index in [0.717, 1.165) is 32.2 Å². The third kappa shape index (κ3) is 2.22. The van der Waals surface area contributed by atoms with Gasteiger partial charge in [-0.2, -0.15) is 5.06 Å². The SMILES string of the molecule is CCCCON1C(=O)N2CC1CC[C@H]2I. The number of fused-ring (bicyclic) bond motifs is 2. The summed E-state index contributed by atoms with van der Waals surface area (Å²) < 4.78 is 0.353. The van der Waals surface area contributed by atoms with Crippen LogP contribution in [0.2, 0.25) is 0 Å². The lowest BCUT2D eigenvalue weighted by Gasteiger charge is -2.25. The maximum absolute atomic E-state index is 11.9. The lowest BCUT2D eigenvalue weighted by Crippen LogP contribution is -2.35. The number of carbonyl (C=O) groups is 1. The first-order valence-corrected chi connectivity index (χ1v) is 6.85. The van der Waals surface area contributed by atoms with Gasteiger partial charge in [0.1, 0.15) is 0 Å². The number of halogens is 1. The minimum absolute atomic E-state index is 0.0630. The number of amides is 2. The first-order chi connectivity index (χ1) is 7.24. The molecule has 2 aliphatic heterocycles. The first kappa shape index (κ1) is 11.4. The molecule has 0 aliphatic carbocycles. The van der Waals surface area contributed by atoms with Crippen molar-refractivity contribution in [3.8, 4) is 0 Å². The number of hydrogen-bond acceptors (Lipinski definition) is 2. The molecule has 0 saturated carbocycles. The van der Waals surface area contributed by atoms with E-state index in [9.17, 15) is 4.79 Å². The van der Waals surface area contributed by atoms with Gasteiger partial charge in [-0.25, -0.2) is 4.79 Å². The fourth-order valence-electron chi connectivity index (χ4n) is 2.06. The molecule has 2 atom stereocenters. The van der Waals surface area contributed by atoms with Gasteiger partial charge in [-0.05, 0) is 19.3 Å². The van der Waals surface area contributed by atoms with Crippen molar-refractivity contribution >= 4 is 28.6 Å². The lowest BCUT2D eigenvalue weighted by molar-refractivity contribution is -0.130. The predicted molar refractivity (Wildman–Crippen MR) is 65.6 cm³/mol. The fraction of sp³-hybridized carbons (Fsp3) is 0.900. The summed E-state index contributed by atoms with van der Waals surface area (Å²) in [5.74, 6) is 0. The number of unbranched alkanes of at least 4 members (excludes halogenated alkanes) is 1. The highest BCUT2D eigenvalue weighted by Crippen LogP contribution is 2.32. The molecular formula is C10H17IN2O2. The van der Waals surface area contributed by atoms with Crippen LogP contribution in [0, 0.1) is 0 Å². The Labute approximate surface area is 104 Å². The molecule has 4 nitrogen and oxygen atoms in total. The molecule has 2 rings (SSSR count). The molecule has 2 aliphatic rings. The van der Waals surface area contributed by atoms with Crippen LogP contribution < -0.4 is 0 Å². The van der Waals surface area contributed by atoms with Crippen molar-refractivity contribution in [3.05, 3.63) is 0 Å². The van der Waals surface area contributed by atoms with Gasteiger partial charge in [0.05, 0.1) is 16.7 Å². The topological polar surface area (TPSA) is 32.8 Å². The summed E-state index contributed by atoms with van der Waals surface area (Å²) in [5.41, 5.74) is 0. The molecule has 2 heterocycles. The van der Waals surface area contributed by atoms with Crippen molar-refractivity contribution in [2.24, 2.45) is 0 Å². The summed E-state index contributed by atoms with van der Waals surface area (Å²) in [4.78, 5) is 19.4. The molecule has 0 radical (unpaired) electrons. The van der Waals surface area contributed by atoms with Gasteiger partial charge in [-0.3, -0.25) is 4.84 Å². The predicted octanol–water partition coefficient (Wildman–Crippen LogP) is 2.38. The van der Waals surface area contributed by atoms with Crippen LogP contribution in [0.4, 0.5) is 4.79 Å². The molecule has 0 N–H and O–H groups in total. The van der Waals surface area contributed by atoms with E-state index >= 15 is 0 Å². The van der Waals surface area contributed by atoms with E-state index in [1.165, 1.54) is 0 Å². The van der Waals surface area contributed by atoms with Crippen LogP contribution in [0.5, 0.6) is 0 Å². The van der Waals surface area contributed by atoms with E-state index in [1.54, 1.807) is 5.06 Å². The number of hydroxylamine groups is 2. The molecule has 2 saturated heterocycles. The van der Waals surface area contributed by atoms with Crippen LogP contribution in [-0.4, -0.2) is 39.2 Å². The van der Waals surface area contributed by atoms with Crippen LogP contribution in [0.15, 0.2) is 0 Å². The molecule has 0 aromatic rings. The van der Waals surface area contributed by atoms with E-state index in [-0.39, 0.29) is 6.03 Å². The quantitative estimate of drug-likeness (QED) is 0.344. The Hall–Kier alpha value is -0.0400. The van der Waals surface area contributed by atoms with Crippen LogP contribution in [0.3, 0.4) is 0 Å². The average Bonchev–Trinajstić information content (AvgIpc) is 2.49. The van der Waals surface area contributed by atoms with Gasteiger partial charge < -0.3 is 4.90 Å². The molecule has 86 valence electrons. The number of nitrogens with zero attached hydrogens (tertiary/aromatic N) is 2. The van der Waals surface area contributed by atoms with Crippen LogP contribution in [-0.2, 0) is 4.84 Å². The van der Waals surface area contributed by atoms with Crippen molar-refractivity contribution in [1.82, 2.24) is 9.96 Å². The van der Waals surface area contributed by atoms with E-state index in [0.29, 0.717) is 16.7 Å². The maximum atomic E-state index is 11.9. The second kappa shape index (κ2) is 4.86. The summed E-state index contributed by atoms with van der Waals surface area (Å²) in [5, 5.41) is 1.61. The highest BCUT2D eigenvalue weighted by atomic mass is 127. The van der Waals surface area contributed by atoms with Gasteiger partial charge in [0.25, 0.3) is 0 Å². The Kier molecular flexibility index (Phi) is 3.71. The van der Waals surface area contributed by atoms with Gasteiger partial charge >= 0.3 is 6.03 Å². The van der Waals surface area contributed by atoms with Crippen molar-refractivity contribution in [2.75, 3.05) is 13.2 Å². The number of piperidine rings is 1. The molecule has 0 spiro atoms. The second-order valence-electron chi connectivity index (χ2n) is 4.11. The van der Waals surface area contributed by atoms with Crippen LogP contribution in [0.25, 0.3) is 0 Å². The van der Waals surface area contributed by atoms with Crippen molar-refractivity contribution in [1.29, 1.82) is 0 Å². The van der Waals surface area contributed by atoms with Gasteiger partial charge in [-0.1, -0.05) is 35.9 Å². The molecule has 2 bridgehead atoms. The fourth-order valence-corrected chi connectivity index (χ4v) is 2.88. The average molecular weight is 324 g/mol. The summed E-state index contributed by atoms with van der Waals surface area (Å²) in [6, 6.07) is 0.355. The third-order valence-corrected chi connectivity index (χ3v) is 4.27. The monoisotopic (exact) mass is 324 g/mol.